The van der Waals surface area contributed by atoms with E-state index in [9.17, 15) is 0 Å². The minimum Gasteiger partial charge on any atom is -0.456 e. The van der Waals surface area contributed by atoms with E-state index in [-0.39, 0.29) is 6.17 Å². The standard InChI is InChI=1S/C38H26ClN3O/c1-23-32(39)21-20-30-34-29-15-9-8-14-28(29)31(22-33(34)43-35(23)30)24-16-18-27(19-17-24)38-41-36(25-10-4-2-5-11-25)40-37(42-38)26-12-6-3-7-13-26/h2-22,38H,1H3,(H,40,41,42). The lowest BCUT2D eigenvalue weighted by molar-refractivity contribution is 0.666. The molecule has 206 valence electrons. The van der Waals surface area contributed by atoms with Gasteiger partial charge in [-0.15, -0.1) is 0 Å². The largest absolute Gasteiger partial charge is 0.456 e. The van der Waals surface area contributed by atoms with E-state index < -0.39 is 0 Å². The summed E-state index contributed by atoms with van der Waals surface area (Å²) in [5.41, 5.74) is 7.93. The number of aliphatic imine (C=N–C) groups is 2. The van der Waals surface area contributed by atoms with Crippen molar-refractivity contribution in [2.75, 3.05) is 0 Å². The molecule has 6 aromatic carbocycles. The van der Waals surface area contributed by atoms with Gasteiger partial charge < -0.3 is 9.73 Å². The highest BCUT2D eigenvalue weighted by Crippen LogP contribution is 2.42. The zero-order valence-electron chi connectivity index (χ0n) is 23.4. The highest BCUT2D eigenvalue weighted by atomic mass is 35.5. The summed E-state index contributed by atoms with van der Waals surface area (Å²) in [6.45, 7) is 2.01. The third-order valence-electron chi connectivity index (χ3n) is 8.18. The van der Waals surface area contributed by atoms with E-state index in [0.29, 0.717) is 5.02 Å². The molecule has 0 bridgehead atoms. The topological polar surface area (TPSA) is 49.9 Å². The highest BCUT2D eigenvalue weighted by Gasteiger charge is 2.21. The number of fused-ring (bicyclic) bond motifs is 5. The molecule has 0 saturated heterocycles. The third-order valence-corrected chi connectivity index (χ3v) is 8.59. The van der Waals surface area contributed by atoms with Crippen molar-refractivity contribution >= 4 is 56.0 Å². The molecule has 2 heterocycles. The Morgan fingerprint density at radius 1 is 0.628 bits per heavy atom. The number of nitrogens with zero attached hydrogens (tertiary/aromatic N) is 2. The van der Waals surface area contributed by atoms with Gasteiger partial charge in [0.15, 0.2) is 6.17 Å². The molecular formula is C38H26ClN3O. The molecule has 0 unspecified atom stereocenters. The van der Waals surface area contributed by atoms with E-state index in [1.54, 1.807) is 0 Å². The summed E-state index contributed by atoms with van der Waals surface area (Å²) in [5, 5.41) is 8.70. The average molecular weight is 576 g/mol. The molecule has 0 spiro atoms. The Kier molecular flexibility index (Phi) is 6.09. The van der Waals surface area contributed by atoms with Gasteiger partial charge in [0, 0.05) is 32.5 Å². The molecule has 0 fully saturated rings. The van der Waals surface area contributed by atoms with Crippen LogP contribution in [0.2, 0.25) is 5.02 Å². The van der Waals surface area contributed by atoms with Crippen molar-refractivity contribution in [2.24, 2.45) is 9.98 Å². The third kappa shape index (κ3) is 4.39. The molecule has 0 radical (unpaired) electrons. The van der Waals surface area contributed by atoms with Crippen molar-refractivity contribution < 1.29 is 4.42 Å². The Labute approximate surface area is 254 Å². The molecule has 0 saturated carbocycles. The molecule has 0 atom stereocenters. The van der Waals surface area contributed by atoms with Gasteiger partial charge in [-0.2, -0.15) is 0 Å². The molecule has 0 aliphatic carbocycles. The van der Waals surface area contributed by atoms with Crippen molar-refractivity contribution in [2.45, 2.75) is 13.1 Å². The second kappa shape index (κ2) is 10.3. The SMILES string of the molecule is Cc1c(Cl)ccc2c1oc1cc(-c3ccc(C4N=C(c5ccccc5)NC(c5ccccc5)=N4)cc3)c3ccccc3c12. The van der Waals surface area contributed by atoms with Crippen LogP contribution in [-0.2, 0) is 0 Å². The van der Waals surface area contributed by atoms with E-state index in [1.165, 1.54) is 5.39 Å². The smallest absolute Gasteiger partial charge is 0.169 e. The summed E-state index contributed by atoms with van der Waals surface area (Å²) in [6.07, 6.45) is -0.372. The van der Waals surface area contributed by atoms with Gasteiger partial charge >= 0.3 is 0 Å². The number of nitrogens with one attached hydrogen (secondary N) is 1. The van der Waals surface area contributed by atoms with Crippen molar-refractivity contribution in [3.8, 4) is 11.1 Å². The normalized spacial score (nSPS) is 13.7. The predicted octanol–water partition coefficient (Wildman–Crippen LogP) is 9.86. The van der Waals surface area contributed by atoms with Gasteiger partial charge in [0.2, 0.25) is 0 Å². The van der Waals surface area contributed by atoms with E-state index >= 15 is 0 Å². The summed E-state index contributed by atoms with van der Waals surface area (Å²) in [7, 11) is 0. The molecule has 1 aromatic heterocycles. The molecular weight excluding hydrogens is 550 g/mol. The summed E-state index contributed by atoms with van der Waals surface area (Å²) in [4.78, 5) is 10.0. The quantitative estimate of drug-likeness (QED) is 0.227. The van der Waals surface area contributed by atoms with Gasteiger partial charge in [0.05, 0.1) is 0 Å². The number of rotatable bonds is 4. The molecule has 1 aliphatic heterocycles. The fraction of sp³-hybridized carbons (Fsp3) is 0.0526. The Morgan fingerprint density at radius 2 is 1.23 bits per heavy atom. The molecule has 1 N–H and O–H groups in total. The fourth-order valence-electron chi connectivity index (χ4n) is 5.97. The maximum absolute atomic E-state index is 6.44. The second-order valence-electron chi connectivity index (χ2n) is 10.8. The number of halogens is 1. The maximum Gasteiger partial charge on any atom is 0.169 e. The van der Waals surface area contributed by atoms with Gasteiger partial charge in [0.25, 0.3) is 0 Å². The molecule has 8 rings (SSSR count). The van der Waals surface area contributed by atoms with E-state index in [0.717, 1.165) is 72.4 Å². The van der Waals surface area contributed by atoms with Crippen LogP contribution in [0, 0.1) is 6.92 Å². The van der Waals surface area contributed by atoms with Crippen molar-refractivity contribution in [1.82, 2.24) is 5.32 Å². The van der Waals surface area contributed by atoms with Gasteiger partial charge in [-0.25, -0.2) is 9.98 Å². The first-order valence-electron chi connectivity index (χ1n) is 14.3. The first kappa shape index (κ1) is 25.5. The number of aryl methyl sites for hydroxylation is 1. The molecule has 43 heavy (non-hydrogen) atoms. The van der Waals surface area contributed by atoms with Gasteiger partial charge in [-0.3, -0.25) is 0 Å². The van der Waals surface area contributed by atoms with E-state index in [2.05, 4.69) is 90.2 Å². The first-order valence-corrected chi connectivity index (χ1v) is 14.7. The monoisotopic (exact) mass is 575 g/mol. The van der Waals surface area contributed by atoms with Crippen LogP contribution in [0.1, 0.15) is 28.4 Å². The molecule has 1 aliphatic rings. The minimum atomic E-state index is -0.372. The number of amidine groups is 2. The Morgan fingerprint density at radius 3 is 1.88 bits per heavy atom. The maximum atomic E-state index is 6.44. The average Bonchev–Trinajstić information content (AvgIpc) is 3.46. The first-order chi connectivity index (χ1) is 21.1. The van der Waals surface area contributed by atoms with Crippen LogP contribution in [0.25, 0.3) is 43.8 Å². The highest BCUT2D eigenvalue weighted by molar-refractivity contribution is 6.33. The van der Waals surface area contributed by atoms with Crippen molar-refractivity contribution in [3.05, 3.63) is 155 Å². The van der Waals surface area contributed by atoms with Crippen LogP contribution in [0.3, 0.4) is 0 Å². The summed E-state index contributed by atoms with van der Waals surface area (Å²) >= 11 is 6.44. The minimum absolute atomic E-state index is 0.372. The molecule has 5 heteroatoms. The summed E-state index contributed by atoms with van der Waals surface area (Å²) in [5.74, 6) is 1.61. The van der Waals surface area contributed by atoms with Gasteiger partial charge in [-0.1, -0.05) is 121 Å². The van der Waals surface area contributed by atoms with E-state index in [4.69, 9.17) is 26.0 Å². The van der Waals surface area contributed by atoms with E-state index in [1.807, 2.05) is 49.4 Å². The van der Waals surface area contributed by atoms with Crippen molar-refractivity contribution in [1.29, 1.82) is 0 Å². The van der Waals surface area contributed by atoms with Crippen LogP contribution in [0.15, 0.2) is 142 Å². The Bertz CT molecular complexity index is 2160. The number of hydrogen-bond donors (Lipinski definition) is 1. The van der Waals surface area contributed by atoms with Crippen LogP contribution in [0.4, 0.5) is 0 Å². The van der Waals surface area contributed by atoms with Crippen LogP contribution >= 0.6 is 11.6 Å². The predicted molar refractivity (Wildman–Crippen MR) is 178 cm³/mol. The fourth-order valence-corrected chi connectivity index (χ4v) is 6.12. The lowest BCUT2D eigenvalue weighted by Gasteiger charge is -2.22. The Balaban J connectivity index is 1.24. The summed E-state index contributed by atoms with van der Waals surface area (Å²) < 4.78 is 6.43. The molecule has 0 amide bonds. The molecule has 7 aromatic rings. The molecule has 4 nitrogen and oxygen atoms in total. The lowest BCUT2D eigenvalue weighted by Crippen LogP contribution is -2.35. The lowest BCUT2D eigenvalue weighted by atomic mass is 9.94. The zero-order valence-corrected chi connectivity index (χ0v) is 24.1. The van der Waals surface area contributed by atoms with Gasteiger partial charge in [0.1, 0.15) is 22.8 Å². The van der Waals surface area contributed by atoms with Gasteiger partial charge in [-0.05, 0) is 52.6 Å². The second-order valence-corrected chi connectivity index (χ2v) is 11.2. The van der Waals surface area contributed by atoms with Crippen LogP contribution < -0.4 is 5.32 Å². The zero-order chi connectivity index (χ0) is 28.9. The number of furan rings is 1. The number of hydrogen-bond acceptors (Lipinski definition) is 4. The van der Waals surface area contributed by atoms with Crippen LogP contribution in [-0.4, -0.2) is 11.7 Å². The van der Waals surface area contributed by atoms with Crippen molar-refractivity contribution in [3.63, 3.8) is 0 Å². The summed E-state index contributed by atoms with van der Waals surface area (Å²) in [6, 6.07) is 43.6. The van der Waals surface area contributed by atoms with Crippen LogP contribution in [0.5, 0.6) is 0 Å². The number of benzene rings is 6. The Hall–Kier alpha value is -5.19.